The molecule has 4 aromatic rings. The summed E-state index contributed by atoms with van der Waals surface area (Å²) in [5, 5.41) is 4.02. The second-order valence-electron chi connectivity index (χ2n) is 9.02. The minimum atomic E-state index is -0.493. The SMILES string of the molecule is C/C=C\C=C(/CC)n1c(C(C)Nc2ncnc(N)c2C#Cc2cccc(C(C)=O)c2)nc2cccc(Cl)c2c1=O.CC. The molecule has 0 fully saturated rings. The summed E-state index contributed by atoms with van der Waals surface area (Å²) in [5.74, 6) is 7.10. The van der Waals surface area contributed by atoms with Crippen LogP contribution in [0, 0.1) is 11.8 Å². The lowest BCUT2D eigenvalue weighted by Gasteiger charge is -2.22. The Morgan fingerprint density at radius 1 is 1.17 bits per heavy atom. The summed E-state index contributed by atoms with van der Waals surface area (Å²) in [6.07, 6.45) is 7.58. The maximum absolute atomic E-state index is 13.8. The van der Waals surface area contributed by atoms with Crippen LogP contribution < -0.4 is 16.6 Å². The number of Topliss-reactive ketones (excluding diaryl/α,β-unsaturated/α-hetero) is 1. The molecule has 0 saturated carbocycles. The van der Waals surface area contributed by atoms with Crippen molar-refractivity contribution < 1.29 is 4.79 Å². The van der Waals surface area contributed by atoms with Crippen molar-refractivity contribution in [2.24, 2.45) is 0 Å². The van der Waals surface area contributed by atoms with Gasteiger partial charge < -0.3 is 11.1 Å². The van der Waals surface area contributed by atoms with Crippen molar-refractivity contribution in [1.82, 2.24) is 19.5 Å². The van der Waals surface area contributed by atoms with E-state index in [-0.39, 0.29) is 17.2 Å². The number of nitrogen functional groups attached to an aromatic ring is 1. The summed E-state index contributed by atoms with van der Waals surface area (Å²) in [7, 11) is 0. The van der Waals surface area contributed by atoms with Crippen LogP contribution in [0.4, 0.5) is 11.6 Å². The Bertz CT molecular complexity index is 1780. The molecule has 0 spiro atoms. The van der Waals surface area contributed by atoms with Crippen molar-refractivity contribution in [3.63, 3.8) is 0 Å². The average molecular weight is 583 g/mol. The number of carbonyl (C=O) groups is 1. The first-order chi connectivity index (χ1) is 20.2. The predicted octanol–water partition coefficient (Wildman–Crippen LogP) is 7.05. The van der Waals surface area contributed by atoms with Crippen LogP contribution in [0.5, 0.6) is 0 Å². The second-order valence-corrected chi connectivity index (χ2v) is 9.42. The van der Waals surface area contributed by atoms with Gasteiger partial charge >= 0.3 is 0 Å². The van der Waals surface area contributed by atoms with Gasteiger partial charge in [-0.1, -0.05) is 74.6 Å². The zero-order valence-corrected chi connectivity index (χ0v) is 25.5. The molecule has 0 amide bonds. The van der Waals surface area contributed by atoms with Crippen molar-refractivity contribution in [2.45, 2.75) is 54.0 Å². The van der Waals surface area contributed by atoms with E-state index in [9.17, 15) is 9.59 Å². The molecule has 9 heteroatoms. The maximum atomic E-state index is 13.8. The van der Waals surface area contributed by atoms with Gasteiger partial charge in [0, 0.05) is 16.8 Å². The van der Waals surface area contributed by atoms with Crippen molar-refractivity contribution in [2.75, 3.05) is 11.1 Å². The van der Waals surface area contributed by atoms with Crippen molar-refractivity contribution in [3.05, 3.63) is 105 Å². The third kappa shape index (κ3) is 7.12. The lowest BCUT2D eigenvalue weighted by molar-refractivity contribution is 0.101. The number of benzene rings is 2. The maximum Gasteiger partial charge on any atom is 0.267 e. The fraction of sp³-hybridized carbons (Fsp3) is 0.242. The zero-order valence-electron chi connectivity index (χ0n) is 24.7. The van der Waals surface area contributed by atoms with Gasteiger partial charge in [-0.15, -0.1) is 0 Å². The molecule has 216 valence electrons. The largest absolute Gasteiger partial charge is 0.382 e. The highest BCUT2D eigenvalue weighted by molar-refractivity contribution is 6.35. The molecule has 1 unspecified atom stereocenters. The molecule has 2 heterocycles. The standard InChI is InChI=1S/C31H29ClN6O2.C2H6/c1-5-7-12-23(6-2)38-30(37-26-14-9-13-25(32)27(26)31(38)40)19(3)36-29-24(28(33)34-18-35-29)16-15-21-10-8-11-22(17-21)20(4)39;1-2/h5,7-14,17-19H,6H2,1-4H3,(H3,33,34,35,36);1-2H3/b7-5-,23-12+;. The van der Waals surface area contributed by atoms with Gasteiger partial charge in [0.15, 0.2) is 5.78 Å². The zero-order chi connectivity index (χ0) is 30.8. The molecule has 3 N–H and O–H groups in total. The van der Waals surface area contributed by atoms with Crippen LogP contribution in [0.25, 0.3) is 16.6 Å². The van der Waals surface area contributed by atoms with Gasteiger partial charge in [-0.2, -0.15) is 0 Å². The van der Waals surface area contributed by atoms with Crippen molar-refractivity contribution in [3.8, 4) is 11.8 Å². The van der Waals surface area contributed by atoms with E-state index in [0.29, 0.717) is 50.7 Å². The Balaban J connectivity index is 0.00000237. The van der Waals surface area contributed by atoms with Crippen LogP contribution in [0.15, 0.2) is 71.8 Å². The summed E-state index contributed by atoms with van der Waals surface area (Å²) >= 11 is 6.43. The van der Waals surface area contributed by atoms with E-state index in [0.717, 1.165) is 5.70 Å². The number of nitrogens with two attached hydrogens (primary N) is 1. The molecule has 0 aliphatic carbocycles. The number of hydrogen-bond donors (Lipinski definition) is 2. The highest BCUT2D eigenvalue weighted by Gasteiger charge is 2.21. The summed E-state index contributed by atoms with van der Waals surface area (Å²) in [4.78, 5) is 38.9. The Labute approximate surface area is 251 Å². The smallest absolute Gasteiger partial charge is 0.267 e. The van der Waals surface area contributed by atoms with E-state index in [1.54, 1.807) is 47.0 Å². The van der Waals surface area contributed by atoms with Crippen LogP contribution >= 0.6 is 11.6 Å². The number of ketones is 1. The number of fused-ring (bicyclic) bond motifs is 1. The topological polar surface area (TPSA) is 116 Å². The molecular formula is C33H35ClN6O2. The summed E-state index contributed by atoms with van der Waals surface area (Å²) in [6, 6.07) is 11.8. The van der Waals surface area contributed by atoms with Crippen LogP contribution in [-0.2, 0) is 0 Å². The number of rotatable bonds is 7. The highest BCUT2D eigenvalue weighted by atomic mass is 35.5. The molecule has 2 aromatic heterocycles. The number of halogens is 1. The normalized spacial score (nSPS) is 11.8. The van der Waals surface area contributed by atoms with E-state index in [2.05, 4.69) is 27.1 Å². The summed E-state index contributed by atoms with van der Waals surface area (Å²) in [6.45, 7) is 11.3. The Kier molecular flexibility index (Phi) is 11.2. The van der Waals surface area contributed by atoms with Crippen LogP contribution in [0.1, 0.15) is 81.3 Å². The van der Waals surface area contributed by atoms with Gasteiger partial charge in [0.05, 0.1) is 22.0 Å². The van der Waals surface area contributed by atoms with Crippen molar-refractivity contribution >= 4 is 45.6 Å². The number of nitrogens with zero attached hydrogens (tertiary/aromatic N) is 4. The van der Waals surface area contributed by atoms with E-state index >= 15 is 0 Å². The molecular weight excluding hydrogens is 548 g/mol. The van der Waals surface area contributed by atoms with E-state index in [1.165, 1.54) is 13.3 Å². The molecule has 0 aliphatic heterocycles. The van der Waals surface area contributed by atoms with Gasteiger partial charge in [-0.05, 0) is 57.5 Å². The third-order valence-electron chi connectivity index (χ3n) is 6.22. The number of hydrogen-bond acceptors (Lipinski definition) is 7. The fourth-order valence-electron chi connectivity index (χ4n) is 4.18. The molecule has 2 aromatic carbocycles. The average Bonchev–Trinajstić information content (AvgIpc) is 2.99. The van der Waals surface area contributed by atoms with Crippen molar-refractivity contribution in [1.29, 1.82) is 0 Å². The molecule has 1 atom stereocenters. The molecule has 42 heavy (non-hydrogen) atoms. The third-order valence-corrected chi connectivity index (χ3v) is 6.54. The summed E-state index contributed by atoms with van der Waals surface area (Å²) in [5.41, 5.74) is 8.79. The first-order valence-corrected chi connectivity index (χ1v) is 14.2. The lowest BCUT2D eigenvalue weighted by atomic mass is 10.1. The Morgan fingerprint density at radius 3 is 2.60 bits per heavy atom. The molecule has 4 rings (SSSR count). The van der Waals surface area contributed by atoms with Crippen LogP contribution in [0.3, 0.4) is 0 Å². The first kappa shape index (κ1) is 31.8. The van der Waals surface area contributed by atoms with Crippen LogP contribution in [0.2, 0.25) is 5.02 Å². The summed E-state index contributed by atoms with van der Waals surface area (Å²) < 4.78 is 1.59. The lowest BCUT2D eigenvalue weighted by Crippen LogP contribution is -2.28. The van der Waals surface area contributed by atoms with Gasteiger partial charge in [-0.25, -0.2) is 15.0 Å². The number of aromatic nitrogens is 4. The van der Waals surface area contributed by atoms with Gasteiger partial charge in [0.1, 0.15) is 29.4 Å². The monoisotopic (exact) mass is 582 g/mol. The Morgan fingerprint density at radius 2 is 1.90 bits per heavy atom. The number of carbonyl (C=O) groups excluding carboxylic acids is 1. The van der Waals surface area contributed by atoms with Gasteiger partial charge in [-0.3, -0.25) is 14.2 Å². The van der Waals surface area contributed by atoms with E-state index in [4.69, 9.17) is 22.3 Å². The van der Waals surface area contributed by atoms with Gasteiger partial charge in [0.25, 0.3) is 5.56 Å². The number of anilines is 2. The second kappa shape index (κ2) is 14.8. The molecule has 0 saturated heterocycles. The molecule has 0 radical (unpaired) electrons. The molecule has 0 bridgehead atoms. The minimum Gasteiger partial charge on any atom is -0.382 e. The van der Waals surface area contributed by atoms with Crippen LogP contribution in [-0.4, -0.2) is 25.3 Å². The van der Waals surface area contributed by atoms with Gasteiger partial charge in [0.2, 0.25) is 0 Å². The fourth-order valence-corrected chi connectivity index (χ4v) is 4.44. The Hall–Kier alpha value is -4.74. The number of nitrogens with one attached hydrogen (secondary N) is 1. The number of allylic oxidation sites excluding steroid dienone is 4. The molecule has 8 nitrogen and oxygen atoms in total. The van der Waals surface area contributed by atoms with E-state index < -0.39 is 6.04 Å². The predicted molar refractivity (Wildman–Crippen MR) is 173 cm³/mol. The quantitative estimate of drug-likeness (QED) is 0.136. The molecule has 0 aliphatic rings. The van der Waals surface area contributed by atoms with E-state index in [1.807, 2.05) is 52.8 Å². The highest BCUT2D eigenvalue weighted by Crippen LogP contribution is 2.26. The first-order valence-electron chi connectivity index (χ1n) is 13.8. The minimum absolute atomic E-state index is 0.0486.